The van der Waals surface area contributed by atoms with E-state index >= 15 is 0 Å². The van der Waals surface area contributed by atoms with Crippen LogP contribution in [0.15, 0.2) is 29.0 Å². The predicted octanol–water partition coefficient (Wildman–Crippen LogP) is 2.08. The first-order valence-corrected chi connectivity index (χ1v) is 9.92. The van der Waals surface area contributed by atoms with Crippen LogP contribution in [-0.4, -0.2) is 60.0 Å². The first kappa shape index (κ1) is 20.7. The van der Waals surface area contributed by atoms with Crippen molar-refractivity contribution < 1.29 is 19.1 Å². The first-order chi connectivity index (χ1) is 14.6. The lowest BCUT2D eigenvalue weighted by atomic mass is 9.93. The molecule has 0 spiro atoms. The maximum absolute atomic E-state index is 12.4. The lowest BCUT2D eigenvalue weighted by molar-refractivity contribution is -0.0153. The number of rotatable bonds is 1. The normalized spacial score (nSPS) is 19.2. The number of fused-ring (bicyclic) bond motifs is 1. The van der Waals surface area contributed by atoms with Crippen LogP contribution in [0.5, 0.6) is 0 Å². The van der Waals surface area contributed by atoms with Gasteiger partial charge in [0.2, 0.25) is 5.82 Å². The van der Waals surface area contributed by atoms with E-state index in [1.54, 1.807) is 39.1 Å². The zero-order valence-corrected chi connectivity index (χ0v) is 17.6. The molecule has 0 aliphatic carbocycles. The van der Waals surface area contributed by atoms with E-state index in [0.717, 1.165) is 0 Å². The Morgan fingerprint density at radius 2 is 2.19 bits per heavy atom. The van der Waals surface area contributed by atoms with Crippen molar-refractivity contribution in [1.29, 1.82) is 0 Å². The summed E-state index contributed by atoms with van der Waals surface area (Å²) in [6, 6.07) is 3.49. The number of amides is 1. The maximum Gasteiger partial charge on any atom is 0.410 e. The molecule has 3 aromatic heterocycles. The summed E-state index contributed by atoms with van der Waals surface area (Å²) >= 11 is 0. The Labute approximate surface area is 179 Å². The van der Waals surface area contributed by atoms with E-state index in [1.165, 1.54) is 15.7 Å². The molecule has 0 aromatic carbocycles. The number of β-amino-alcohol motifs (C(OH)–C–C–N with tert-alkyl or cyclic N) is 1. The number of carbonyl (C=O) groups is 1. The Kier molecular flexibility index (Phi) is 5.07. The number of carbonyl (C=O) groups excluding carboxylic acids is 1. The maximum atomic E-state index is 12.4. The van der Waals surface area contributed by atoms with Crippen LogP contribution in [0.4, 0.5) is 10.6 Å². The molecule has 3 aromatic rings. The monoisotopic (exact) mass is 424 g/mol. The Hall–Kier alpha value is -3.58. The molecule has 162 valence electrons. The van der Waals surface area contributed by atoms with Crippen LogP contribution in [0.1, 0.15) is 39.3 Å². The third kappa shape index (κ3) is 4.62. The quantitative estimate of drug-likeness (QED) is 0.568. The van der Waals surface area contributed by atoms with Crippen LogP contribution in [0.25, 0.3) is 17.2 Å². The lowest BCUT2D eigenvalue weighted by Crippen LogP contribution is -2.50. The minimum Gasteiger partial charge on any atom is -0.461 e. The zero-order valence-electron chi connectivity index (χ0n) is 17.6. The van der Waals surface area contributed by atoms with Crippen LogP contribution in [0.2, 0.25) is 0 Å². The number of ether oxygens (including phenoxy) is 1. The molecule has 1 saturated heterocycles. The molecule has 1 aliphatic heterocycles. The number of hydrogen-bond donors (Lipinski definition) is 2. The number of aromatic nitrogens is 4. The second kappa shape index (κ2) is 7.59. The molecule has 4 heterocycles. The second-order valence-electron chi connectivity index (χ2n) is 8.48. The molecule has 0 bridgehead atoms. The molecule has 3 N–H and O–H groups in total. The minimum atomic E-state index is -1.37. The third-order valence-corrected chi connectivity index (χ3v) is 4.63. The number of aliphatic hydroxyl groups is 1. The largest absolute Gasteiger partial charge is 0.461 e. The Balaban J connectivity index is 1.56. The van der Waals surface area contributed by atoms with Gasteiger partial charge in [0.05, 0.1) is 19.0 Å². The summed E-state index contributed by atoms with van der Waals surface area (Å²) in [5.74, 6) is 6.75. The van der Waals surface area contributed by atoms with E-state index in [4.69, 9.17) is 14.9 Å². The van der Waals surface area contributed by atoms with Gasteiger partial charge in [0.15, 0.2) is 17.2 Å². The number of hydrogen-bond acceptors (Lipinski definition) is 8. The average molecular weight is 424 g/mol. The minimum absolute atomic E-state index is 0.0542. The number of nitrogens with two attached hydrogens (primary N) is 1. The molecular weight excluding hydrogens is 400 g/mol. The molecule has 10 heteroatoms. The lowest BCUT2D eigenvalue weighted by Gasteiger charge is -2.36. The van der Waals surface area contributed by atoms with Gasteiger partial charge in [-0.1, -0.05) is 5.92 Å². The summed E-state index contributed by atoms with van der Waals surface area (Å²) in [5, 5.41) is 15.3. The number of nitrogens with zero attached hydrogens (tertiary/aromatic N) is 5. The van der Waals surface area contributed by atoms with Crippen molar-refractivity contribution in [3.63, 3.8) is 0 Å². The van der Waals surface area contributed by atoms with Gasteiger partial charge in [0.25, 0.3) is 0 Å². The van der Waals surface area contributed by atoms with Crippen LogP contribution >= 0.6 is 0 Å². The fourth-order valence-electron chi connectivity index (χ4n) is 3.28. The molecule has 10 nitrogen and oxygen atoms in total. The van der Waals surface area contributed by atoms with Crippen molar-refractivity contribution in [2.45, 2.75) is 44.8 Å². The van der Waals surface area contributed by atoms with Gasteiger partial charge in [0.1, 0.15) is 16.9 Å². The molecule has 0 saturated carbocycles. The van der Waals surface area contributed by atoms with Gasteiger partial charge in [-0.05, 0) is 51.7 Å². The number of nitrogen functional groups attached to an aromatic ring is 1. The SMILES string of the molecule is CC(C)(C)OC(=O)N1CCC[C@](O)(C#Cc2cn3nc(-c4ccco4)nc3c(N)n2)C1. The van der Waals surface area contributed by atoms with E-state index in [9.17, 15) is 9.90 Å². The van der Waals surface area contributed by atoms with Crippen LogP contribution in [0.3, 0.4) is 0 Å². The summed E-state index contributed by atoms with van der Waals surface area (Å²) < 4.78 is 12.2. The fourth-order valence-corrected chi connectivity index (χ4v) is 3.28. The van der Waals surface area contributed by atoms with Crippen molar-refractivity contribution in [2.75, 3.05) is 18.8 Å². The van der Waals surface area contributed by atoms with Gasteiger partial charge in [-0.25, -0.2) is 19.3 Å². The van der Waals surface area contributed by atoms with Crippen LogP contribution in [0, 0.1) is 11.8 Å². The van der Waals surface area contributed by atoms with E-state index in [-0.39, 0.29) is 12.4 Å². The first-order valence-electron chi connectivity index (χ1n) is 9.92. The summed E-state index contributed by atoms with van der Waals surface area (Å²) in [7, 11) is 0. The van der Waals surface area contributed by atoms with Crippen molar-refractivity contribution in [3.05, 3.63) is 30.3 Å². The average Bonchev–Trinajstić information content (AvgIpc) is 3.35. The third-order valence-electron chi connectivity index (χ3n) is 4.63. The van der Waals surface area contributed by atoms with Crippen molar-refractivity contribution in [2.24, 2.45) is 0 Å². The predicted molar refractivity (Wildman–Crippen MR) is 112 cm³/mol. The molecule has 31 heavy (non-hydrogen) atoms. The van der Waals surface area contributed by atoms with Gasteiger partial charge in [-0.3, -0.25) is 0 Å². The second-order valence-corrected chi connectivity index (χ2v) is 8.48. The van der Waals surface area contributed by atoms with Gasteiger partial charge in [-0.2, -0.15) is 0 Å². The Morgan fingerprint density at radius 3 is 2.90 bits per heavy atom. The highest BCUT2D eigenvalue weighted by atomic mass is 16.6. The summed E-state index contributed by atoms with van der Waals surface area (Å²) in [5.41, 5.74) is 4.74. The highest BCUT2D eigenvalue weighted by molar-refractivity contribution is 5.68. The van der Waals surface area contributed by atoms with Gasteiger partial charge >= 0.3 is 6.09 Å². The summed E-state index contributed by atoms with van der Waals surface area (Å²) in [4.78, 5) is 22.4. The molecule has 0 unspecified atom stereocenters. The Bertz CT molecular complexity index is 1170. The molecule has 1 amide bonds. The molecule has 1 atom stereocenters. The number of furan rings is 1. The van der Waals surface area contributed by atoms with Crippen molar-refractivity contribution in [1.82, 2.24) is 24.5 Å². The molecular formula is C21H24N6O4. The standard InChI is InChI=1S/C21H24N6O4/c1-20(2,3)31-19(28)26-10-5-8-21(29,13-26)9-7-14-12-27-18(16(22)23-14)24-17(25-27)15-6-4-11-30-15/h4,6,11-12,29H,5,8,10,13H2,1-3H3,(H2,22,23)/t21-/m0/s1. The number of likely N-dealkylation sites (tertiary alicyclic amines) is 1. The molecule has 1 fully saturated rings. The van der Waals surface area contributed by atoms with E-state index < -0.39 is 17.3 Å². The van der Waals surface area contributed by atoms with E-state index in [2.05, 4.69) is 26.9 Å². The van der Waals surface area contributed by atoms with Gasteiger partial charge < -0.3 is 24.9 Å². The highest BCUT2D eigenvalue weighted by Gasteiger charge is 2.35. The molecule has 1 aliphatic rings. The van der Waals surface area contributed by atoms with Crippen molar-refractivity contribution in [3.8, 4) is 23.4 Å². The van der Waals surface area contributed by atoms with Gasteiger partial charge in [-0.15, -0.1) is 5.10 Å². The smallest absolute Gasteiger partial charge is 0.410 e. The zero-order chi connectivity index (χ0) is 22.2. The number of anilines is 1. The molecule has 4 rings (SSSR count). The topological polar surface area (TPSA) is 132 Å². The van der Waals surface area contributed by atoms with Crippen molar-refractivity contribution >= 4 is 17.6 Å². The molecule has 0 radical (unpaired) electrons. The fraction of sp³-hybridized carbons (Fsp3) is 0.429. The van der Waals surface area contributed by atoms with Crippen LogP contribution in [-0.2, 0) is 4.74 Å². The van der Waals surface area contributed by atoms with Crippen LogP contribution < -0.4 is 5.73 Å². The van der Waals surface area contributed by atoms with Gasteiger partial charge in [0, 0.05) is 6.54 Å². The van der Waals surface area contributed by atoms with E-state index in [1.807, 2.05) is 0 Å². The number of piperidine rings is 1. The summed E-state index contributed by atoms with van der Waals surface area (Å²) in [6.07, 6.45) is 3.68. The summed E-state index contributed by atoms with van der Waals surface area (Å²) in [6.45, 7) is 5.96. The highest BCUT2D eigenvalue weighted by Crippen LogP contribution is 2.23. The van der Waals surface area contributed by atoms with E-state index in [0.29, 0.717) is 42.3 Å². The Morgan fingerprint density at radius 1 is 1.39 bits per heavy atom.